The number of nitrogens with two attached hydrogens (primary N) is 1. The summed E-state index contributed by atoms with van der Waals surface area (Å²) < 4.78 is 12.7. The van der Waals surface area contributed by atoms with Gasteiger partial charge in [-0.2, -0.15) is 0 Å². The number of amides is 2. The van der Waals surface area contributed by atoms with Crippen LogP contribution in [0, 0.1) is 0 Å². The van der Waals surface area contributed by atoms with Gasteiger partial charge >= 0.3 is 0 Å². The Morgan fingerprint density at radius 3 is 2.89 bits per heavy atom. The summed E-state index contributed by atoms with van der Waals surface area (Å²) in [5.74, 6) is 0.832. The van der Waals surface area contributed by atoms with Crippen LogP contribution in [-0.4, -0.2) is 53.1 Å². The zero-order chi connectivity index (χ0) is 20.3. The maximum atomic E-state index is 12.2. The molecule has 2 aromatic rings. The molecule has 1 aliphatic heterocycles. The second kappa shape index (κ2) is 8.52. The molecule has 2 heterocycles. The van der Waals surface area contributed by atoms with Crippen molar-refractivity contribution in [2.45, 2.75) is 25.8 Å². The molecule has 0 bridgehead atoms. The van der Waals surface area contributed by atoms with Crippen LogP contribution in [-0.2, 0) is 9.59 Å². The van der Waals surface area contributed by atoms with Gasteiger partial charge in [-0.1, -0.05) is 18.5 Å². The lowest BCUT2D eigenvalue weighted by Crippen LogP contribution is -2.26. The number of hydrogen-bond acceptors (Lipinski definition) is 5. The number of likely N-dealkylation sites (tertiary alicyclic amines) is 1. The predicted molar refractivity (Wildman–Crippen MR) is 104 cm³/mol. The van der Waals surface area contributed by atoms with Gasteiger partial charge in [0.2, 0.25) is 5.91 Å². The minimum atomic E-state index is -0.611. The van der Waals surface area contributed by atoms with Gasteiger partial charge in [0.25, 0.3) is 5.91 Å². The second-order valence-electron chi connectivity index (χ2n) is 6.60. The highest BCUT2D eigenvalue weighted by Gasteiger charge is 2.31. The van der Waals surface area contributed by atoms with Crippen molar-refractivity contribution < 1.29 is 19.1 Å². The zero-order valence-electron chi connectivity index (χ0n) is 15.9. The lowest BCUT2D eigenvalue weighted by Gasteiger charge is -2.18. The Labute approximate surface area is 168 Å². The molecule has 0 radical (unpaired) electrons. The van der Waals surface area contributed by atoms with Crippen molar-refractivity contribution in [2.24, 2.45) is 5.73 Å². The number of rotatable bonds is 8. The molecule has 1 aromatic heterocycles. The Balaban J connectivity index is 1.91. The van der Waals surface area contributed by atoms with Gasteiger partial charge in [0.05, 0.1) is 18.2 Å². The Morgan fingerprint density at radius 1 is 1.43 bits per heavy atom. The molecule has 1 aliphatic rings. The van der Waals surface area contributed by atoms with Gasteiger partial charge in [0.15, 0.2) is 18.1 Å². The Morgan fingerprint density at radius 2 is 2.21 bits per heavy atom. The number of ether oxygens (including phenoxy) is 2. The van der Waals surface area contributed by atoms with Crippen molar-refractivity contribution in [2.75, 3.05) is 26.8 Å². The number of hydrogen-bond donors (Lipinski definition) is 1. The molecule has 1 atom stereocenters. The molecule has 0 saturated carbocycles. The summed E-state index contributed by atoms with van der Waals surface area (Å²) in [5.41, 5.74) is 5.85. The van der Waals surface area contributed by atoms with Gasteiger partial charge in [0.1, 0.15) is 5.82 Å². The molecule has 3 rings (SSSR count). The van der Waals surface area contributed by atoms with E-state index in [4.69, 9.17) is 26.8 Å². The molecule has 0 spiro atoms. The van der Waals surface area contributed by atoms with E-state index in [0.29, 0.717) is 24.5 Å². The second-order valence-corrected chi connectivity index (χ2v) is 7.01. The summed E-state index contributed by atoms with van der Waals surface area (Å²) >= 11 is 6.36. The maximum Gasteiger partial charge on any atom is 0.255 e. The first-order valence-corrected chi connectivity index (χ1v) is 9.42. The Bertz CT molecular complexity index is 883. The number of benzene rings is 1. The number of primary amides is 1. The van der Waals surface area contributed by atoms with E-state index in [2.05, 4.69) is 11.9 Å². The van der Waals surface area contributed by atoms with Gasteiger partial charge in [-0.25, -0.2) is 4.98 Å². The smallest absolute Gasteiger partial charge is 0.255 e. The highest BCUT2D eigenvalue weighted by molar-refractivity contribution is 6.32. The van der Waals surface area contributed by atoms with E-state index in [1.54, 1.807) is 18.3 Å². The SMILES string of the molecule is CCCN1CC(n2ccnc2-c2cc(Cl)c(OCC(N)=O)c(OC)c2)CC1=O. The normalized spacial score (nSPS) is 16.5. The van der Waals surface area contributed by atoms with Gasteiger partial charge in [-0.15, -0.1) is 0 Å². The number of halogens is 1. The fraction of sp³-hybridized carbons (Fsp3) is 0.421. The molecular weight excluding hydrogens is 384 g/mol. The maximum absolute atomic E-state index is 12.2. The monoisotopic (exact) mass is 406 g/mol. The summed E-state index contributed by atoms with van der Waals surface area (Å²) in [5, 5.41) is 0.278. The molecule has 8 nitrogen and oxygen atoms in total. The third-order valence-corrected chi connectivity index (χ3v) is 4.88. The van der Waals surface area contributed by atoms with Crippen molar-refractivity contribution >= 4 is 23.4 Å². The summed E-state index contributed by atoms with van der Waals surface area (Å²) in [7, 11) is 1.48. The fourth-order valence-corrected chi connectivity index (χ4v) is 3.65. The quantitative estimate of drug-likeness (QED) is 0.724. The summed E-state index contributed by atoms with van der Waals surface area (Å²) in [4.78, 5) is 29.6. The number of nitrogens with zero attached hydrogens (tertiary/aromatic N) is 3. The Kier molecular flexibility index (Phi) is 6.08. The first kappa shape index (κ1) is 20.0. The van der Waals surface area contributed by atoms with E-state index >= 15 is 0 Å². The van der Waals surface area contributed by atoms with Crippen LogP contribution < -0.4 is 15.2 Å². The van der Waals surface area contributed by atoms with E-state index in [1.807, 2.05) is 15.7 Å². The number of carbonyl (C=O) groups excluding carboxylic acids is 2. The highest BCUT2D eigenvalue weighted by atomic mass is 35.5. The van der Waals surface area contributed by atoms with Gasteiger partial charge in [-0.05, 0) is 18.6 Å². The average Bonchev–Trinajstić information content (AvgIpc) is 3.27. The van der Waals surface area contributed by atoms with E-state index in [1.165, 1.54) is 7.11 Å². The number of carbonyl (C=O) groups is 2. The van der Waals surface area contributed by atoms with Gasteiger partial charge in [0, 0.05) is 37.5 Å². The van der Waals surface area contributed by atoms with E-state index in [-0.39, 0.29) is 29.3 Å². The minimum Gasteiger partial charge on any atom is -0.493 e. The molecule has 0 aliphatic carbocycles. The number of aromatic nitrogens is 2. The summed E-state index contributed by atoms with van der Waals surface area (Å²) in [6.07, 6.45) is 4.92. The van der Waals surface area contributed by atoms with Crippen LogP contribution in [0.4, 0.5) is 0 Å². The van der Waals surface area contributed by atoms with E-state index < -0.39 is 5.91 Å². The van der Waals surface area contributed by atoms with Gasteiger partial charge in [-0.3, -0.25) is 9.59 Å². The van der Waals surface area contributed by atoms with Gasteiger partial charge < -0.3 is 24.7 Å². The van der Waals surface area contributed by atoms with Crippen LogP contribution in [0.25, 0.3) is 11.4 Å². The first-order valence-electron chi connectivity index (χ1n) is 9.04. The topological polar surface area (TPSA) is 99.7 Å². The summed E-state index contributed by atoms with van der Waals surface area (Å²) in [6, 6.07) is 3.44. The fourth-order valence-electron chi connectivity index (χ4n) is 3.39. The van der Waals surface area contributed by atoms with Crippen molar-refractivity contribution in [3.63, 3.8) is 0 Å². The van der Waals surface area contributed by atoms with Crippen LogP contribution in [0.15, 0.2) is 24.5 Å². The third kappa shape index (κ3) is 4.06. The largest absolute Gasteiger partial charge is 0.493 e. The lowest BCUT2D eigenvalue weighted by atomic mass is 10.1. The standard InChI is InChI=1S/C19H23ClN4O4/c1-3-5-23-10-13(9-17(23)26)24-6-4-22-19(24)12-7-14(20)18(15(8-12)27-2)28-11-16(21)25/h4,6-8,13H,3,5,9-11H2,1-2H3,(H2,21,25). The lowest BCUT2D eigenvalue weighted by molar-refractivity contribution is -0.127. The predicted octanol–water partition coefficient (Wildman–Crippen LogP) is 2.26. The van der Waals surface area contributed by atoms with Crippen molar-refractivity contribution in [3.8, 4) is 22.9 Å². The molecule has 28 heavy (non-hydrogen) atoms. The highest BCUT2D eigenvalue weighted by Crippen LogP contribution is 2.40. The molecule has 9 heteroatoms. The molecule has 2 amide bonds. The van der Waals surface area contributed by atoms with E-state index in [0.717, 1.165) is 18.5 Å². The molecule has 1 aromatic carbocycles. The summed E-state index contributed by atoms with van der Waals surface area (Å²) in [6.45, 7) is 3.16. The van der Waals surface area contributed by atoms with Crippen LogP contribution in [0.2, 0.25) is 5.02 Å². The minimum absolute atomic E-state index is 0.00658. The first-order chi connectivity index (χ1) is 13.4. The molecule has 2 N–H and O–H groups in total. The average molecular weight is 407 g/mol. The number of imidazole rings is 1. The van der Waals surface area contributed by atoms with Crippen LogP contribution in [0.5, 0.6) is 11.5 Å². The van der Waals surface area contributed by atoms with Crippen molar-refractivity contribution in [1.29, 1.82) is 0 Å². The molecule has 1 fully saturated rings. The van der Waals surface area contributed by atoms with Crippen LogP contribution >= 0.6 is 11.6 Å². The van der Waals surface area contributed by atoms with Crippen molar-refractivity contribution in [1.82, 2.24) is 14.5 Å². The molecular formula is C19H23ClN4O4. The Hall–Kier alpha value is -2.74. The third-order valence-electron chi connectivity index (χ3n) is 4.60. The molecule has 150 valence electrons. The van der Waals surface area contributed by atoms with Crippen LogP contribution in [0.3, 0.4) is 0 Å². The number of methoxy groups -OCH3 is 1. The molecule has 1 saturated heterocycles. The van der Waals surface area contributed by atoms with E-state index in [9.17, 15) is 9.59 Å². The van der Waals surface area contributed by atoms with Crippen molar-refractivity contribution in [3.05, 3.63) is 29.5 Å². The van der Waals surface area contributed by atoms with Crippen LogP contribution in [0.1, 0.15) is 25.8 Å². The zero-order valence-corrected chi connectivity index (χ0v) is 16.6. The molecule has 1 unspecified atom stereocenters.